The number of hydrogen-bond donors (Lipinski definition) is 1. The Morgan fingerprint density at radius 3 is 2.95 bits per heavy atom. The fourth-order valence-corrected chi connectivity index (χ4v) is 2.24. The zero-order chi connectivity index (χ0) is 15.5. The molecule has 0 saturated carbocycles. The molecular formula is C15H13ClN4O2. The molecule has 7 heteroatoms. The summed E-state index contributed by atoms with van der Waals surface area (Å²) in [6.45, 7) is 2.08. The molecule has 0 saturated heterocycles. The molecule has 0 aliphatic carbocycles. The average molecular weight is 317 g/mol. The summed E-state index contributed by atoms with van der Waals surface area (Å²) in [5, 5.41) is 11.3. The lowest BCUT2D eigenvalue weighted by Crippen LogP contribution is -2.23. The number of nitrogens with zero attached hydrogens (tertiary/aromatic N) is 3. The predicted octanol–water partition coefficient (Wildman–Crippen LogP) is 2.75. The fraction of sp³-hybridized carbons (Fsp3) is 0.133. The molecule has 22 heavy (non-hydrogen) atoms. The van der Waals surface area contributed by atoms with E-state index in [9.17, 15) is 4.79 Å². The van der Waals surface area contributed by atoms with E-state index in [0.717, 1.165) is 5.69 Å². The first-order valence-corrected chi connectivity index (χ1v) is 7.02. The summed E-state index contributed by atoms with van der Waals surface area (Å²) in [6.07, 6.45) is 1.56. The fourth-order valence-electron chi connectivity index (χ4n) is 2.06. The van der Waals surface area contributed by atoms with E-state index >= 15 is 0 Å². The second-order valence-electron chi connectivity index (χ2n) is 4.68. The molecule has 1 aromatic carbocycles. The highest BCUT2D eigenvalue weighted by atomic mass is 35.5. The Balaban J connectivity index is 1.79. The molecule has 3 rings (SSSR count). The summed E-state index contributed by atoms with van der Waals surface area (Å²) < 4.78 is 6.74. The van der Waals surface area contributed by atoms with Crippen molar-refractivity contribution in [2.45, 2.75) is 13.5 Å². The van der Waals surface area contributed by atoms with Crippen LogP contribution in [0.4, 0.5) is 0 Å². The molecule has 0 aliphatic rings. The molecule has 6 nitrogen and oxygen atoms in total. The molecule has 3 aromatic rings. The van der Waals surface area contributed by atoms with Gasteiger partial charge in [0.05, 0.1) is 24.2 Å². The van der Waals surface area contributed by atoms with Crippen LogP contribution in [0.2, 0.25) is 5.02 Å². The third-order valence-corrected chi connectivity index (χ3v) is 3.40. The Labute approximate surface area is 131 Å². The van der Waals surface area contributed by atoms with E-state index in [2.05, 4.69) is 15.6 Å². The van der Waals surface area contributed by atoms with Crippen molar-refractivity contribution in [3.63, 3.8) is 0 Å². The molecule has 0 spiro atoms. The van der Waals surface area contributed by atoms with Crippen LogP contribution in [0.5, 0.6) is 0 Å². The highest BCUT2D eigenvalue weighted by Gasteiger charge is 2.17. The number of furan rings is 1. The quantitative estimate of drug-likeness (QED) is 0.803. The summed E-state index contributed by atoms with van der Waals surface area (Å²) in [5.74, 6) is 0.371. The van der Waals surface area contributed by atoms with E-state index in [-0.39, 0.29) is 11.6 Å². The SMILES string of the molecule is Cc1c(C(=O)NCc2ccco2)nnn1-c1cccc(Cl)c1. The van der Waals surface area contributed by atoms with Gasteiger partial charge in [-0.1, -0.05) is 22.9 Å². The van der Waals surface area contributed by atoms with Gasteiger partial charge in [0.1, 0.15) is 5.76 Å². The van der Waals surface area contributed by atoms with Crippen LogP contribution in [0, 0.1) is 6.92 Å². The molecule has 1 amide bonds. The molecule has 0 atom stereocenters. The summed E-state index contributed by atoms with van der Waals surface area (Å²) in [6, 6.07) is 10.7. The van der Waals surface area contributed by atoms with E-state index in [1.165, 1.54) is 0 Å². The van der Waals surface area contributed by atoms with Crippen molar-refractivity contribution >= 4 is 17.5 Å². The van der Waals surface area contributed by atoms with Crippen LogP contribution in [0.25, 0.3) is 5.69 Å². The molecule has 2 aromatic heterocycles. The van der Waals surface area contributed by atoms with Gasteiger partial charge in [0.25, 0.3) is 5.91 Å². The van der Waals surface area contributed by atoms with Gasteiger partial charge in [-0.05, 0) is 37.3 Å². The van der Waals surface area contributed by atoms with Gasteiger partial charge in [0.15, 0.2) is 5.69 Å². The summed E-state index contributed by atoms with van der Waals surface area (Å²) >= 11 is 5.97. The Kier molecular flexibility index (Phi) is 3.93. The van der Waals surface area contributed by atoms with Crippen LogP contribution in [0.3, 0.4) is 0 Å². The molecule has 0 radical (unpaired) electrons. The number of carbonyl (C=O) groups excluding carboxylic acids is 1. The van der Waals surface area contributed by atoms with Gasteiger partial charge in [-0.15, -0.1) is 5.10 Å². The second kappa shape index (κ2) is 6.03. The van der Waals surface area contributed by atoms with Gasteiger partial charge in [-0.25, -0.2) is 4.68 Å². The molecule has 0 bridgehead atoms. The number of halogens is 1. The van der Waals surface area contributed by atoms with E-state index < -0.39 is 0 Å². The average Bonchev–Trinajstić information content (AvgIpc) is 3.14. The molecule has 0 unspecified atom stereocenters. The first-order valence-electron chi connectivity index (χ1n) is 6.64. The van der Waals surface area contributed by atoms with Crippen molar-refractivity contribution in [2.24, 2.45) is 0 Å². The van der Waals surface area contributed by atoms with Gasteiger partial charge in [-0.2, -0.15) is 0 Å². The van der Waals surface area contributed by atoms with E-state index in [1.54, 1.807) is 42.1 Å². The largest absolute Gasteiger partial charge is 0.467 e. The van der Waals surface area contributed by atoms with Gasteiger partial charge >= 0.3 is 0 Å². The van der Waals surface area contributed by atoms with Crippen LogP contribution in [-0.4, -0.2) is 20.9 Å². The number of hydrogen-bond acceptors (Lipinski definition) is 4. The highest BCUT2D eigenvalue weighted by molar-refractivity contribution is 6.30. The van der Waals surface area contributed by atoms with Crippen molar-refractivity contribution in [1.82, 2.24) is 20.3 Å². The molecule has 112 valence electrons. The molecule has 0 aliphatic heterocycles. The zero-order valence-corrected chi connectivity index (χ0v) is 12.5. The van der Waals surface area contributed by atoms with Crippen molar-refractivity contribution in [1.29, 1.82) is 0 Å². The highest BCUT2D eigenvalue weighted by Crippen LogP contribution is 2.16. The van der Waals surface area contributed by atoms with Gasteiger partial charge < -0.3 is 9.73 Å². The second-order valence-corrected chi connectivity index (χ2v) is 5.11. The van der Waals surface area contributed by atoms with Crippen LogP contribution in [0.1, 0.15) is 21.9 Å². The Hall–Kier alpha value is -2.60. The minimum Gasteiger partial charge on any atom is -0.467 e. The first-order chi connectivity index (χ1) is 10.6. The number of carbonyl (C=O) groups is 1. The molecule has 1 N–H and O–H groups in total. The molecular weight excluding hydrogens is 304 g/mol. The minimum atomic E-state index is -0.304. The monoisotopic (exact) mass is 316 g/mol. The van der Waals surface area contributed by atoms with Crippen LogP contribution < -0.4 is 5.32 Å². The van der Waals surface area contributed by atoms with E-state index in [0.29, 0.717) is 23.0 Å². The minimum absolute atomic E-state index is 0.270. The maximum absolute atomic E-state index is 12.2. The van der Waals surface area contributed by atoms with Gasteiger partial charge in [0, 0.05) is 5.02 Å². The van der Waals surface area contributed by atoms with Crippen LogP contribution >= 0.6 is 11.6 Å². The van der Waals surface area contributed by atoms with Crippen LogP contribution in [-0.2, 0) is 6.54 Å². The Morgan fingerprint density at radius 1 is 1.36 bits per heavy atom. The number of amides is 1. The van der Waals surface area contributed by atoms with Crippen LogP contribution in [0.15, 0.2) is 47.1 Å². The van der Waals surface area contributed by atoms with Crippen molar-refractivity contribution in [2.75, 3.05) is 0 Å². The van der Waals surface area contributed by atoms with Crippen molar-refractivity contribution in [3.05, 3.63) is 64.8 Å². The lowest BCUT2D eigenvalue weighted by atomic mass is 10.3. The van der Waals surface area contributed by atoms with Gasteiger partial charge in [0.2, 0.25) is 0 Å². The smallest absolute Gasteiger partial charge is 0.274 e. The third kappa shape index (κ3) is 2.87. The summed E-state index contributed by atoms with van der Waals surface area (Å²) in [5.41, 5.74) is 1.66. The van der Waals surface area contributed by atoms with Gasteiger partial charge in [-0.3, -0.25) is 4.79 Å². The van der Waals surface area contributed by atoms with E-state index in [1.807, 2.05) is 12.1 Å². The Morgan fingerprint density at radius 2 is 2.23 bits per heavy atom. The number of aromatic nitrogens is 3. The maximum atomic E-state index is 12.2. The number of rotatable bonds is 4. The summed E-state index contributed by atoms with van der Waals surface area (Å²) in [7, 11) is 0. The summed E-state index contributed by atoms with van der Waals surface area (Å²) in [4.78, 5) is 12.2. The zero-order valence-electron chi connectivity index (χ0n) is 11.8. The normalized spacial score (nSPS) is 10.6. The number of benzene rings is 1. The third-order valence-electron chi connectivity index (χ3n) is 3.17. The lowest BCUT2D eigenvalue weighted by molar-refractivity contribution is 0.0942. The first kappa shape index (κ1) is 14.3. The molecule has 0 fully saturated rings. The van der Waals surface area contributed by atoms with E-state index in [4.69, 9.17) is 16.0 Å². The standard InChI is InChI=1S/C15H13ClN4O2/c1-10-14(15(21)17-9-13-6-3-7-22-13)18-19-20(10)12-5-2-4-11(16)8-12/h2-8H,9H2,1H3,(H,17,21). The lowest BCUT2D eigenvalue weighted by Gasteiger charge is -2.04. The topological polar surface area (TPSA) is 73.0 Å². The maximum Gasteiger partial charge on any atom is 0.274 e. The Bertz CT molecular complexity index is 796. The number of nitrogens with one attached hydrogen (secondary N) is 1. The van der Waals surface area contributed by atoms with Crippen molar-refractivity contribution < 1.29 is 9.21 Å². The van der Waals surface area contributed by atoms with Crippen molar-refractivity contribution in [3.8, 4) is 5.69 Å². The predicted molar refractivity (Wildman–Crippen MR) is 81.0 cm³/mol. The molecule has 2 heterocycles.